The van der Waals surface area contributed by atoms with Gasteiger partial charge in [0.2, 0.25) is 5.76 Å². The number of hydrogen-bond acceptors (Lipinski definition) is 2. The first-order valence-corrected chi connectivity index (χ1v) is 3.61. The van der Waals surface area contributed by atoms with Crippen LogP contribution in [0.5, 0.6) is 0 Å². The Labute approximate surface area is 63.6 Å². The fourth-order valence-corrected chi connectivity index (χ4v) is 1.54. The monoisotopic (exact) mass is 152 g/mol. The maximum Gasteiger partial charge on any atom is 0.372 e. The lowest BCUT2D eigenvalue weighted by Crippen LogP contribution is -1.97. The van der Waals surface area contributed by atoms with Gasteiger partial charge < -0.3 is 9.52 Å². The van der Waals surface area contributed by atoms with Crippen LogP contribution in [-0.4, -0.2) is 11.1 Å². The Bertz CT molecular complexity index is 298. The quantitative estimate of drug-likeness (QED) is 0.662. The van der Waals surface area contributed by atoms with Crippen molar-refractivity contribution in [2.24, 2.45) is 0 Å². The highest BCUT2D eigenvalue weighted by Gasteiger charge is 2.22. The number of fused-ring (bicyclic) bond motifs is 1. The summed E-state index contributed by atoms with van der Waals surface area (Å²) in [6.45, 7) is 0. The summed E-state index contributed by atoms with van der Waals surface area (Å²) in [6, 6.07) is 0. The molecule has 3 nitrogen and oxygen atoms in total. The zero-order chi connectivity index (χ0) is 7.84. The molecule has 0 unspecified atom stereocenters. The first kappa shape index (κ1) is 6.46. The third kappa shape index (κ3) is 0.843. The van der Waals surface area contributed by atoms with Crippen LogP contribution in [0, 0.1) is 0 Å². The van der Waals surface area contributed by atoms with Gasteiger partial charge in [0, 0.05) is 5.56 Å². The molecule has 1 aliphatic carbocycles. The third-order valence-corrected chi connectivity index (χ3v) is 2.05. The van der Waals surface area contributed by atoms with Crippen molar-refractivity contribution in [2.45, 2.75) is 19.3 Å². The Morgan fingerprint density at radius 2 is 2.36 bits per heavy atom. The number of carboxylic acids is 1. The van der Waals surface area contributed by atoms with Crippen molar-refractivity contribution in [2.75, 3.05) is 0 Å². The van der Waals surface area contributed by atoms with Crippen molar-refractivity contribution in [3.05, 3.63) is 23.2 Å². The second kappa shape index (κ2) is 2.12. The molecule has 0 spiro atoms. The van der Waals surface area contributed by atoms with E-state index in [1.165, 1.54) is 0 Å². The lowest BCUT2D eigenvalue weighted by atomic mass is 10.2. The zero-order valence-corrected chi connectivity index (χ0v) is 5.96. The number of furan rings is 1. The van der Waals surface area contributed by atoms with Gasteiger partial charge >= 0.3 is 5.97 Å². The lowest BCUT2D eigenvalue weighted by Gasteiger charge is -1.89. The van der Waals surface area contributed by atoms with E-state index >= 15 is 0 Å². The van der Waals surface area contributed by atoms with Crippen LogP contribution in [-0.2, 0) is 12.8 Å². The molecule has 0 amide bonds. The maximum absolute atomic E-state index is 10.5. The van der Waals surface area contributed by atoms with Crippen molar-refractivity contribution in [1.29, 1.82) is 0 Å². The minimum Gasteiger partial charge on any atom is -0.475 e. The Morgan fingerprint density at radius 3 is 3.09 bits per heavy atom. The van der Waals surface area contributed by atoms with E-state index in [1.54, 1.807) is 6.26 Å². The predicted molar refractivity (Wildman–Crippen MR) is 37.7 cm³/mol. The van der Waals surface area contributed by atoms with E-state index in [0.29, 0.717) is 0 Å². The van der Waals surface area contributed by atoms with Crippen LogP contribution in [0.15, 0.2) is 10.7 Å². The molecular formula is C8H8O3. The van der Waals surface area contributed by atoms with Gasteiger partial charge in [0.25, 0.3) is 0 Å². The molecule has 0 atom stereocenters. The van der Waals surface area contributed by atoms with Crippen molar-refractivity contribution in [3.8, 4) is 0 Å². The van der Waals surface area contributed by atoms with E-state index in [4.69, 9.17) is 9.52 Å². The van der Waals surface area contributed by atoms with Crippen LogP contribution >= 0.6 is 0 Å². The molecule has 0 aliphatic heterocycles. The average Bonchev–Trinajstić information content (AvgIpc) is 2.41. The Morgan fingerprint density at radius 1 is 1.55 bits per heavy atom. The maximum atomic E-state index is 10.5. The second-order valence-corrected chi connectivity index (χ2v) is 2.73. The summed E-state index contributed by atoms with van der Waals surface area (Å²) in [5.41, 5.74) is 1.97. The lowest BCUT2D eigenvalue weighted by molar-refractivity contribution is 0.0661. The third-order valence-electron chi connectivity index (χ3n) is 2.05. The summed E-state index contributed by atoms with van der Waals surface area (Å²) >= 11 is 0. The molecule has 58 valence electrons. The molecule has 1 aliphatic rings. The fraction of sp³-hybridized carbons (Fsp3) is 0.375. The van der Waals surface area contributed by atoms with E-state index in [-0.39, 0.29) is 5.76 Å². The van der Waals surface area contributed by atoms with Crippen LogP contribution < -0.4 is 0 Å². The number of aromatic carboxylic acids is 1. The standard InChI is InChI=1S/C8H8O3/c9-8(10)7-6-3-1-2-5(6)4-11-7/h4H,1-3H2,(H,9,10). The zero-order valence-electron chi connectivity index (χ0n) is 5.96. The normalized spacial score (nSPS) is 14.9. The summed E-state index contributed by atoms with van der Waals surface area (Å²) in [5.74, 6) is -0.814. The van der Waals surface area contributed by atoms with E-state index < -0.39 is 5.97 Å². The van der Waals surface area contributed by atoms with Crippen LogP contribution in [0.2, 0.25) is 0 Å². The largest absolute Gasteiger partial charge is 0.475 e. The summed E-state index contributed by atoms with van der Waals surface area (Å²) in [7, 11) is 0. The number of hydrogen-bond donors (Lipinski definition) is 1. The van der Waals surface area contributed by atoms with Gasteiger partial charge in [0.15, 0.2) is 0 Å². The molecule has 1 aromatic heterocycles. The highest BCUT2D eigenvalue weighted by Crippen LogP contribution is 2.26. The van der Waals surface area contributed by atoms with Crippen LogP contribution in [0.4, 0.5) is 0 Å². The van der Waals surface area contributed by atoms with Crippen LogP contribution in [0.3, 0.4) is 0 Å². The molecule has 1 aromatic rings. The first-order valence-electron chi connectivity index (χ1n) is 3.61. The van der Waals surface area contributed by atoms with E-state index in [0.717, 1.165) is 30.4 Å². The van der Waals surface area contributed by atoms with Gasteiger partial charge in [0.1, 0.15) is 0 Å². The van der Waals surface area contributed by atoms with Gasteiger partial charge in [-0.1, -0.05) is 0 Å². The van der Waals surface area contributed by atoms with Gasteiger partial charge in [-0.3, -0.25) is 0 Å². The van der Waals surface area contributed by atoms with E-state index in [9.17, 15) is 4.79 Å². The molecule has 0 fully saturated rings. The van der Waals surface area contributed by atoms with Crippen LogP contribution in [0.1, 0.15) is 28.1 Å². The topological polar surface area (TPSA) is 50.4 Å². The van der Waals surface area contributed by atoms with Crippen molar-refractivity contribution >= 4 is 5.97 Å². The Kier molecular flexibility index (Phi) is 1.24. The van der Waals surface area contributed by atoms with E-state index in [2.05, 4.69) is 0 Å². The molecular weight excluding hydrogens is 144 g/mol. The summed E-state index contributed by atoms with van der Waals surface area (Å²) in [6.07, 6.45) is 4.44. The molecule has 2 rings (SSSR count). The van der Waals surface area contributed by atoms with Crippen LogP contribution in [0.25, 0.3) is 0 Å². The minimum absolute atomic E-state index is 0.137. The molecule has 3 heteroatoms. The predicted octanol–water partition coefficient (Wildman–Crippen LogP) is 1.47. The Hall–Kier alpha value is -1.25. The molecule has 1 heterocycles. The number of rotatable bonds is 1. The Balaban J connectivity index is 2.50. The highest BCUT2D eigenvalue weighted by atomic mass is 16.4. The number of carbonyl (C=O) groups is 1. The molecule has 0 saturated carbocycles. The summed E-state index contributed by atoms with van der Waals surface area (Å²) in [5, 5.41) is 8.64. The minimum atomic E-state index is -0.951. The van der Waals surface area contributed by atoms with Gasteiger partial charge in [-0.2, -0.15) is 0 Å². The summed E-state index contributed by atoms with van der Waals surface area (Å²) < 4.78 is 4.90. The first-order chi connectivity index (χ1) is 5.29. The van der Waals surface area contributed by atoms with E-state index in [1.807, 2.05) is 0 Å². The van der Waals surface area contributed by atoms with Gasteiger partial charge in [-0.05, 0) is 24.8 Å². The molecule has 0 bridgehead atoms. The van der Waals surface area contributed by atoms with Gasteiger partial charge in [0.05, 0.1) is 6.26 Å². The molecule has 0 aromatic carbocycles. The average molecular weight is 152 g/mol. The van der Waals surface area contributed by atoms with Crippen molar-refractivity contribution < 1.29 is 14.3 Å². The smallest absolute Gasteiger partial charge is 0.372 e. The molecule has 0 saturated heterocycles. The number of carboxylic acid groups (broad SMARTS) is 1. The second-order valence-electron chi connectivity index (χ2n) is 2.73. The number of aryl methyl sites for hydroxylation is 1. The van der Waals surface area contributed by atoms with Gasteiger partial charge in [-0.25, -0.2) is 4.79 Å². The van der Waals surface area contributed by atoms with Crippen molar-refractivity contribution in [1.82, 2.24) is 0 Å². The van der Waals surface area contributed by atoms with Crippen molar-refractivity contribution in [3.63, 3.8) is 0 Å². The SMILES string of the molecule is O=C(O)c1occ2c1CCC2. The molecule has 0 radical (unpaired) electrons. The summed E-state index contributed by atoms with van der Waals surface area (Å²) in [4.78, 5) is 10.5. The molecule has 1 N–H and O–H groups in total. The highest BCUT2D eigenvalue weighted by molar-refractivity contribution is 5.86. The van der Waals surface area contributed by atoms with Gasteiger partial charge in [-0.15, -0.1) is 0 Å². The molecule has 11 heavy (non-hydrogen) atoms. The fourth-order valence-electron chi connectivity index (χ4n) is 1.54.